The van der Waals surface area contributed by atoms with Crippen LogP contribution in [0.2, 0.25) is 0 Å². The van der Waals surface area contributed by atoms with E-state index in [4.69, 9.17) is 10.5 Å². The average molecular weight is 243 g/mol. The molecule has 0 aliphatic carbocycles. The number of nitrogens with one attached hydrogen (secondary N) is 1. The molecule has 1 aromatic heterocycles. The Kier molecular flexibility index (Phi) is 4.41. The summed E-state index contributed by atoms with van der Waals surface area (Å²) in [7, 11) is 4.41. The van der Waals surface area contributed by atoms with E-state index in [1.807, 2.05) is 0 Å². The lowest BCUT2D eigenvalue weighted by atomic mass is 10.3. The molecule has 0 saturated heterocycles. The van der Waals surface area contributed by atoms with Crippen molar-refractivity contribution in [2.75, 3.05) is 25.6 Å². The Morgan fingerprint density at radius 3 is 2.65 bits per heavy atom. The molecule has 0 saturated carbocycles. The Bertz CT molecular complexity index is 492. The largest absolute Gasteiger partial charge is 0.383 e. The molecular weight excluding hydrogens is 226 g/mol. The number of anilines is 1. The molecule has 0 spiro atoms. The highest BCUT2D eigenvalue weighted by Gasteiger charge is 2.12. The number of nitrogens with two attached hydrogens (primary N) is 1. The number of hydrogen-bond donors (Lipinski definition) is 2. The van der Waals surface area contributed by atoms with Gasteiger partial charge in [-0.1, -0.05) is 0 Å². The minimum atomic E-state index is -0.484. The number of rotatable bonds is 5. The van der Waals surface area contributed by atoms with Crippen molar-refractivity contribution in [1.29, 1.82) is 0 Å². The number of nitrogens with zero attached hydrogens (tertiary/aromatic N) is 3. The monoisotopic (exact) mass is 243 g/mol. The van der Waals surface area contributed by atoms with E-state index in [0.29, 0.717) is 13.2 Å². The van der Waals surface area contributed by atoms with Gasteiger partial charge in [0.2, 0.25) is 5.82 Å². The molecule has 0 aliphatic heterocycles. The van der Waals surface area contributed by atoms with Crippen LogP contribution in [0.25, 0.3) is 0 Å². The van der Waals surface area contributed by atoms with Crippen LogP contribution in [-0.2, 0) is 18.8 Å². The van der Waals surface area contributed by atoms with Crippen LogP contribution in [0.3, 0.4) is 0 Å². The predicted molar refractivity (Wildman–Crippen MR) is 63.1 cm³/mol. The van der Waals surface area contributed by atoms with E-state index < -0.39 is 11.2 Å². The van der Waals surface area contributed by atoms with E-state index in [1.165, 1.54) is 21.2 Å². The van der Waals surface area contributed by atoms with E-state index in [9.17, 15) is 9.59 Å². The van der Waals surface area contributed by atoms with Crippen molar-refractivity contribution in [2.24, 2.45) is 19.8 Å². The maximum absolute atomic E-state index is 11.7. The molecule has 17 heavy (non-hydrogen) atoms. The highest BCUT2D eigenvalue weighted by molar-refractivity contribution is 5.31. The SMILES string of the molecule is COCC(CN)Nc1nn(C)c(=O)n(C)c1=O. The molecule has 1 heterocycles. The number of hydrogen-bond acceptors (Lipinski definition) is 6. The first-order valence-electron chi connectivity index (χ1n) is 5.11. The fraction of sp³-hybridized carbons (Fsp3) is 0.667. The Balaban J connectivity index is 3.07. The minimum Gasteiger partial charge on any atom is -0.383 e. The van der Waals surface area contributed by atoms with Gasteiger partial charge in [-0.3, -0.25) is 9.36 Å². The van der Waals surface area contributed by atoms with Crippen molar-refractivity contribution in [1.82, 2.24) is 14.3 Å². The van der Waals surface area contributed by atoms with Gasteiger partial charge in [0.1, 0.15) is 0 Å². The van der Waals surface area contributed by atoms with Crippen LogP contribution in [-0.4, -0.2) is 40.7 Å². The summed E-state index contributed by atoms with van der Waals surface area (Å²) in [4.78, 5) is 23.1. The van der Waals surface area contributed by atoms with Crippen LogP contribution in [0.5, 0.6) is 0 Å². The molecule has 0 bridgehead atoms. The van der Waals surface area contributed by atoms with E-state index in [0.717, 1.165) is 9.25 Å². The van der Waals surface area contributed by atoms with Crippen molar-refractivity contribution in [3.05, 3.63) is 20.8 Å². The Morgan fingerprint density at radius 2 is 2.12 bits per heavy atom. The number of ether oxygens (including phenoxy) is 1. The van der Waals surface area contributed by atoms with E-state index in [1.54, 1.807) is 0 Å². The predicted octanol–water partition coefficient (Wildman–Crippen LogP) is -2.14. The summed E-state index contributed by atoms with van der Waals surface area (Å²) in [5.74, 6) is 0.0853. The van der Waals surface area contributed by atoms with Gasteiger partial charge in [-0.05, 0) is 0 Å². The smallest absolute Gasteiger partial charge is 0.346 e. The molecule has 0 aliphatic rings. The second-order valence-electron chi connectivity index (χ2n) is 3.65. The fourth-order valence-electron chi connectivity index (χ4n) is 1.35. The summed E-state index contributed by atoms with van der Waals surface area (Å²) in [5.41, 5.74) is 4.56. The highest BCUT2D eigenvalue weighted by atomic mass is 16.5. The molecule has 1 atom stereocenters. The molecule has 96 valence electrons. The van der Waals surface area contributed by atoms with Gasteiger partial charge in [0.25, 0.3) is 5.56 Å². The van der Waals surface area contributed by atoms with Crippen molar-refractivity contribution in [2.45, 2.75) is 6.04 Å². The molecule has 3 N–H and O–H groups in total. The van der Waals surface area contributed by atoms with Gasteiger partial charge in [-0.2, -0.15) is 0 Å². The molecule has 1 rings (SSSR count). The molecule has 1 aromatic rings. The summed E-state index contributed by atoms with van der Waals surface area (Å²) in [5, 5.41) is 6.70. The molecule has 0 radical (unpaired) electrons. The van der Waals surface area contributed by atoms with Crippen LogP contribution >= 0.6 is 0 Å². The number of methoxy groups -OCH3 is 1. The van der Waals surface area contributed by atoms with Gasteiger partial charge >= 0.3 is 5.69 Å². The van der Waals surface area contributed by atoms with Crippen LogP contribution in [0, 0.1) is 0 Å². The molecule has 0 amide bonds. The quantitative estimate of drug-likeness (QED) is 0.612. The van der Waals surface area contributed by atoms with Crippen molar-refractivity contribution >= 4 is 5.82 Å². The summed E-state index contributed by atoms with van der Waals surface area (Å²) < 4.78 is 7.01. The third-order valence-corrected chi connectivity index (χ3v) is 2.31. The second kappa shape index (κ2) is 5.60. The van der Waals surface area contributed by atoms with E-state index >= 15 is 0 Å². The third kappa shape index (κ3) is 2.92. The van der Waals surface area contributed by atoms with Crippen LogP contribution < -0.4 is 22.3 Å². The summed E-state index contributed by atoms with van der Waals surface area (Å²) in [6, 6.07) is -0.224. The van der Waals surface area contributed by atoms with Crippen LogP contribution in [0.1, 0.15) is 0 Å². The lowest BCUT2D eigenvalue weighted by Gasteiger charge is -2.16. The molecule has 0 fully saturated rings. The minimum absolute atomic E-state index is 0.0853. The normalized spacial score (nSPS) is 12.5. The Morgan fingerprint density at radius 1 is 1.47 bits per heavy atom. The maximum Gasteiger partial charge on any atom is 0.346 e. The summed E-state index contributed by atoms with van der Waals surface area (Å²) in [6.07, 6.45) is 0. The first-order chi connectivity index (χ1) is 8.01. The maximum atomic E-state index is 11.7. The van der Waals surface area contributed by atoms with Gasteiger partial charge < -0.3 is 15.8 Å². The van der Waals surface area contributed by atoms with Crippen LogP contribution in [0.15, 0.2) is 9.59 Å². The lowest BCUT2D eigenvalue weighted by molar-refractivity contribution is 0.187. The zero-order valence-electron chi connectivity index (χ0n) is 10.1. The Hall–Kier alpha value is -1.67. The van der Waals surface area contributed by atoms with Crippen molar-refractivity contribution in [3.8, 4) is 0 Å². The van der Waals surface area contributed by atoms with Gasteiger partial charge in [-0.25, -0.2) is 9.48 Å². The topological polar surface area (TPSA) is 104 Å². The zero-order chi connectivity index (χ0) is 13.0. The molecule has 8 nitrogen and oxygen atoms in total. The molecular formula is C9H17N5O3. The summed E-state index contributed by atoms with van der Waals surface area (Å²) in [6.45, 7) is 0.645. The molecule has 0 aromatic carbocycles. The Labute approximate surface area is 98.0 Å². The van der Waals surface area contributed by atoms with Crippen molar-refractivity contribution < 1.29 is 4.74 Å². The first kappa shape index (κ1) is 13.4. The van der Waals surface area contributed by atoms with Gasteiger partial charge in [0.15, 0.2) is 0 Å². The average Bonchev–Trinajstić information content (AvgIpc) is 2.32. The van der Waals surface area contributed by atoms with Gasteiger partial charge in [-0.15, -0.1) is 5.10 Å². The first-order valence-corrected chi connectivity index (χ1v) is 5.11. The lowest BCUT2D eigenvalue weighted by Crippen LogP contribution is -2.43. The molecule has 8 heteroatoms. The van der Waals surface area contributed by atoms with E-state index in [-0.39, 0.29) is 11.9 Å². The van der Waals surface area contributed by atoms with E-state index in [2.05, 4.69) is 10.4 Å². The molecule has 1 unspecified atom stereocenters. The second-order valence-corrected chi connectivity index (χ2v) is 3.65. The summed E-state index contributed by atoms with van der Waals surface area (Å²) >= 11 is 0. The highest BCUT2D eigenvalue weighted by Crippen LogP contribution is 1.94. The number of aryl methyl sites for hydroxylation is 1. The van der Waals surface area contributed by atoms with Crippen molar-refractivity contribution in [3.63, 3.8) is 0 Å². The third-order valence-electron chi connectivity index (χ3n) is 2.31. The standard InChI is InChI=1S/C9H17N5O3/c1-13-8(15)7(12-14(2)9(13)16)11-6(4-10)5-17-3/h6H,4-5,10H2,1-3H3,(H,11,12). The fourth-order valence-corrected chi connectivity index (χ4v) is 1.35. The van der Waals surface area contributed by atoms with Crippen LogP contribution in [0.4, 0.5) is 5.82 Å². The zero-order valence-corrected chi connectivity index (χ0v) is 10.1. The number of aromatic nitrogens is 3. The van der Waals surface area contributed by atoms with Gasteiger partial charge in [0, 0.05) is 27.7 Å². The van der Waals surface area contributed by atoms with Gasteiger partial charge in [0.05, 0.1) is 12.6 Å².